The first kappa shape index (κ1) is 16.7. The molecule has 0 spiro atoms. The van der Waals surface area contributed by atoms with Gasteiger partial charge in [-0.05, 0) is 24.1 Å². The third-order valence-electron chi connectivity index (χ3n) is 3.40. The largest absolute Gasteiger partial charge is 0.480 e. The van der Waals surface area contributed by atoms with Gasteiger partial charge in [0.25, 0.3) is 0 Å². The van der Waals surface area contributed by atoms with E-state index in [1.807, 2.05) is 0 Å². The summed E-state index contributed by atoms with van der Waals surface area (Å²) < 4.78 is 56.7. The first-order chi connectivity index (χ1) is 10.1. The van der Waals surface area contributed by atoms with E-state index in [-0.39, 0.29) is 11.5 Å². The van der Waals surface area contributed by atoms with Gasteiger partial charge in [-0.25, -0.2) is 4.39 Å². The molecule has 1 aliphatic heterocycles. The standard InChI is InChI=1S/C14H15F4NO3/c1-6(2)10(13(20)21)19-12-11(22-12)8-5-7(14(16,17)18)3-4-9(8)15/h3-6,10-12,19H,1-2H3,(H,20,21)/t10-,11?,12?/m1/s1. The SMILES string of the molecule is CC(C)[C@@H](NC1OC1c1cc(C(F)(F)F)ccc1F)C(=O)O. The van der Waals surface area contributed by atoms with Crippen LogP contribution in [0.15, 0.2) is 18.2 Å². The molecule has 3 atom stereocenters. The van der Waals surface area contributed by atoms with Crippen molar-refractivity contribution in [3.63, 3.8) is 0 Å². The van der Waals surface area contributed by atoms with E-state index < -0.39 is 41.9 Å². The van der Waals surface area contributed by atoms with E-state index in [1.165, 1.54) is 0 Å². The number of carboxylic acids is 1. The molecular weight excluding hydrogens is 306 g/mol. The monoisotopic (exact) mass is 321 g/mol. The van der Waals surface area contributed by atoms with Crippen molar-refractivity contribution >= 4 is 5.97 Å². The molecule has 1 aromatic rings. The molecule has 4 nitrogen and oxygen atoms in total. The van der Waals surface area contributed by atoms with Crippen molar-refractivity contribution in [2.45, 2.75) is 38.4 Å². The number of aliphatic carboxylic acids is 1. The minimum absolute atomic E-state index is 0.236. The van der Waals surface area contributed by atoms with Crippen molar-refractivity contribution in [1.82, 2.24) is 5.32 Å². The van der Waals surface area contributed by atoms with E-state index in [0.717, 1.165) is 6.07 Å². The Morgan fingerprint density at radius 1 is 1.36 bits per heavy atom. The van der Waals surface area contributed by atoms with Crippen LogP contribution in [0.1, 0.15) is 31.1 Å². The molecule has 1 aliphatic rings. The average Bonchev–Trinajstić information content (AvgIpc) is 3.13. The summed E-state index contributed by atoms with van der Waals surface area (Å²) in [5.74, 6) is -2.18. The molecule has 2 rings (SSSR count). The van der Waals surface area contributed by atoms with E-state index in [9.17, 15) is 22.4 Å². The van der Waals surface area contributed by atoms with Gasteiger partial charge in [-0.3, -0.25) is 10.1 Å². The lowest BCUT2D eigenvalue weighted by Gasteiger charge is -2.16. The summed E-state index contributed by atoms with van der Waals surface area (Å²) >= 11 is 0. The number of halogens is 4. The highest BCUT2D eigenvalue weighted by molar-refractivity contribution is 5.73. The number of nitrogens with one attached hydrogen (secondary N) is 1. The maximum atomic E-state index is 13.7. The van der Waals surface area contributed by atoms with Crippen molar-refractivity contribution in [3.05, 3.63) is 35.1 Å². The zero-order valence-electron chi connectivity index (χ0n) is 11.8. The van der Waals surface area contributed by atoms with Crippen LogP contribution in [0.2, 0.25) is 0 Å². The molecule has 0 aliphatic carbocycles. The second kappa shape index (κ2) is 5.85. The van der Waals surface area contributed by atoms with Crippen LogP contribution in [-0.2, 0) is 15.7 Å². The second-order valence-electron chi connectivity index (χ2n) is 5.44. The van der Waals surface area contributed by atoms with Gasteiger partial charge in [0.15, 0.2) is 0 Å². The summed E-state index contributed by atoms with van der Waals surface area (Å²) in [5, 5.41) is 11.7. The van der Waals surface area contributed by atoms with Gasteiger partial charge in [0.2, 0.25) is 0 Å². The van der Waals surface area contributed by atoms with E-state index in [4.69, 9.17) is 9.84 Å². The molecule has 0 bridgehead atoms. The van der Waals surface area contributed by atoms with Crippen molar-refractivity contribution in [2.75, 3.05) is 0 Å². The van der Waals surface area contributed by atoms with Gasteiger partial charge in [-0.2, -0.15) is 13.2 Å². The molecule has 2 N–H and O–H groups in total. The van der Waals surface area contributed by atoms with E-state index in [2.05, 4.69) is 5.32 Å². The van der Waals surface area contributed by atoms with E-state index >= 15 is 0 Å². The van der Waals surface area contributed by atoms with Gasteiger partial charge >= 0.3 is 12.1 Å². The van der Waals surface area contributed by atoms with Crippen LogP contribution in [0, 0.1) is 11.7 Å². The number of hydrogen-bond acceptors (Lipinski definition) is 3. The first-order valence-electron chi connectivity index (χ1n) is 6.62. The summed E-state index contributed by atoms with van der Waals surface area (Å²) in [6, 6.07) is 1.14. The smallest absolute Gasteiger partial charge is 0.416 e. The van der Waals surface area contributed by atoms with Crippen LogP contribution in [0.25, 0.3) is 0 Å². The lowest BCUT2D eigenvalue weighted by molar-refractivity contribution is -0.141. The highest BCUT2D eigenvalue weighted by atomic mass is 19.4. The topological polar surface area (TPSA) is 61.9 Å². The van der Waals surface area contributed by atoms with Crippen LogP contribution >= 0.6 is 0 Å². The zero-order chi connectivity index (χ0) is 16.7. The van der Waals surface area contributed by atoms with Gasteiger partial charge in [0.05, 0.1) is 5.56 Å². The lowest BCUT2D eigenvalue weighted by atomic mass is 10.0. The lowest BCUT2D eigenvalue weighted by Crippen LogP contribution is -2.42. The summed E-state index contributed by atoms with van der Waals surface area (Å²) in [7, 11) is 0. The predicted molar refractivity (Wildman–Crippen MR) is 68.4 cm³/mol. The first-order valence-corrected chi connectivity index (χ1v) is 6.62. The average molecular weight is 321 g/mol. The fourth-order valence-electron chi connectivity index (χ4n) is 2.14. The molecule has 1 fully saturated rings. The third kappa shape index (κ3) is 3.56. The van der Waals surface area contributed by atoms with Gasteiger partial charge < -0.3 is 9.84 Å². The molecule has 0 saturated carbocycles. The minimum Gasteiger partial charge on any atom is -0.480 e. The number of ether oxygens (including phenoxy) is 1. The Labute approximate surface area is 124 Å². The molecule has 22 heavy (non-hydrogen) atoms. The van der Waals surface area contributed by atoms with Crippen molar-refractivity contribution in [1.29, 1.82) is 0 Å². The number of rotatable bonds is 5. The Kier molecular flexibility index (Phi) is 4.44. The molecule has 1 aromatic carbocycles. The molecule has 1 heterocycles. The van der Waals surface area contributed by atoms with Gasteiger partial charge in [0, 0.05) is 5.56 Å². The van der Waals surface area contributed by atoms with E-state index in [0.29, 0.717) is 12.1 Å². The van der Waals surface area contributed by atoms with Gasteiger partial charge in [0.1, 0.15) is 24.2 Å². The van der Waals surface area contributed by atoms with Crippen LogP contribution in [0.5, 0.6) is 0 Å². The maximum absolute atomic E-state index is 13.7. The van der Waals surface area contributed by atoms with Crippen molar-refractivity contribution in [2.24, 2.45) is 5.92 Å². The molecule has 0 amide bonds. The Balaban J connectivity index is 2.14. The Bertz CT molecular complexity index is 574. The predicted octanol–water partition coefficient (Wildman–Crippen LogP) is 2.94. The van der Waals surface area contributed by atoms with Crippen LogP contribution < -0.4 is 5.32 Å². The Morgan fingerprint density at radius 3 is 2.50 bits per heavy atom. The fourth-order valence-corrected chi connectivity index (χ4v) is 2.14. The van der Waals surface area contributed by atoms with Crippen molar-refractivity contribution in [3.8, 4) is 0 Å². The fraction of sp³-hybridized carbons (Fsp3) is 0.500. The number of carbonyl (C=O) groups is 1. The normalized spacial score (nSPS) is 22.7. The third-order valence-corrected chi connectivity index (χ3v) is 3.40. The molecule has 8 heteroatoms. The zero-order valence-corrected chi connectivity index (χ0v) is 11.8. The summed E-state index contributed by atoms with van der Waals surface area (Å²) in [6.45, 7) is 3.35. The number of epoxide rings is 1. The minimum atomic E-state index is -4.58. The van der Waals surface area contributed by atoms with Gasteiger partial charge in [-0.1, -0.05) is 13.8 Å². The molecule has 0 aromatic heterocycles. The van der Waals surface area contributed by atoms with Gasteiger partial charge in [-0.15, -0.1) is 0 Å². The summed E-state index contributed by atoms with van der Waals surface area (Å²) in [6.07, 6.45) is -6.33. The van der Waals surface area contributed by atoms with Crippen LogP contribution in [0.3, 0.4) is 0 Å². The molecular formula is C14H15F4NO3. The van der Waals surface area contributed by atoms with Crippen molar-refractivity contribution < 1.29 is 32.2 Å². The molecule has 0 radical (unpaired) electrons. The quantitative estimate of drug-likeness (QED) is 0.646. The number of hydrogen-bond donors (Lipinski definition) is 2. The highest BCUT2D eigenvalue weighted by Gasteiger charge is 2.45. The molecule has 1 saturated heterocycles. The molecule has 2 unspecified atom stereocenters. The number of benzene rings is 1. The van der Waals surface area contributed by atoms with Crippen LogP contribution in [0.4, 0.5) is 17.6 Å². The number of carboxylic acid groups (broad SMARTS) is 1. The summed E-state index contributed by atoms with van der Waals surface area (Å²) in [4.78, 5) is 11.1. The number of alkyl halides is 3. The molecule has 122 valence electrons. The van der Waals surface area contributed by atoms with Crippen LogP contribution in [-0.4, -0.2) is 23.3 Å². The van der Waals surface area contributed by atoms with E-state index in [1.54, 1.807) is 13.8 Å². The second-order valence-corrected chi connectivity index (χ2v) is 5.44. The summed E-state index contributed by atoms with van der Waals surface area (Å²) in [5.41, 5.74) is -1.21. The Morgan fingerprint density at radius 2 is 2.00 bits per heavy atom. The Hall–Kier alpha value is -1.67. The maximum Gasteiger partial charge on any atom is 0.416 e. The highest BCUT2D eigenvalue weighted by Crippen LogP contribution is 2.41.